The highest BCUT2D eigenvalue weighted by molar-refractivity contribution is 5.44. The molecule has 0 aliphatic rings. The fourth-order valence-corrected chi connectivity index (χ4v) is 1.60. The van der Waals surface area contributed by atoms with Gasteiger partial charge in [0.05, 0.1) is 6.20 Å². The van der Waals surface area contributed by atoms with Crippen LogP contribution in [0.3, 0.4) is 0 Å². The molecule has 0 spiro atoms. The number of aromatic amines is 1. The van der Waals surface area contributed by atoms with Crippen LogP contribution in [0.1, 0.15) is 32.6 Å². The molecular formula is C11H18N6O. The lowest BCUT2D eigenvalue weighted by Crippen LogP contribution is -2.27. The van der Waals surface area contributed by atoms with Crippen molar-refractivity contribution in [2.75, 3.05) is 6.54 Å². The van der Waals surface area contributed by atoms with E-state index >= 15 is 0 Å². The van der Waals surface area contributed by atoms with Crippen LogP contribution in [0.5, 0.6) is 0 Å². The number of hydrogen-bond donors (Lipinski definition) is 2. The van der Waals surface area contributed by atoms with Crippen LogP contribution in [0.25, 0.3) is 11.5 Å². The number of nitrogens with zero attached hydrogens (tertiary/aromatic N) is 4. The second-order valence-electron chi connectivity index (χ2n) is 4.26. The Labute approximate surface area is 105 Å². The third-order valence-electron chi connectivity index (χ3n) is 2.65. The Hall–Kier alpha value is -1.76. The zero-order valence-electron chi connectivity index (χ0n) is 10.7. The molecule has 2 aromatic heterocycles. The largest absolute Gasteiger partial charge is 0.339 e. The Morgan fingerprint density at radius 3 is 3.11 bits per heavy atom. The number of aromatic nitrogens is 5. The molecule has 0 saturated carbocycles. The van der Waals surface area contributed by atoms with Crippen LogP contribution in [0.15, 0.2) is 10.7 Å². The molecule has 0 amide bonds. The summed E-state index contributed by atoms with van der Waals surface area (Å²) in [7, 11) is 0. The minimum absolute atomic E-state index is 0.451. The van der Waals surface area contributed by atoms with E-state index in [1.807, 2.05) is 0 Å². The minimum atomic E-state index is 0.451. The van der Waals surface area contributed by atoms with Crippen molar-refractivity contribution < 1.29 is 4.52 Å². The highest BCUT2D eigenvalue weighted by atomic mass is 16.5. The third-order valence-corrected chi connectivity index (χ3v) is 2.65. The van der Waals surface area contributed by atoms with Gasteiger partial charge in [0.2, 0.25) is 11.7 Å². The Morgan fingerprint density at radius 1 is 1.50 bits per heavy atom. The second-order valence-corrected chi connectivity index (χ2v) is 4.26. The molecule has 0 bridgehead atoms. The molecule has 0 radical (unpaired) electrons. The van der Waals surface area contributed by atoms with Crippen molar-refractivity contribution in [1.29, 1.82) is 0 Å². The lowest BCUT2D eigenvalue weighted by molar-refractivity contribution is 0.367. The van der Waals surface area contributed by atoms with Gasteiger partial charge in [-0.15, -0.1) is 0 Å². The first-order chi connectivity index (χ1) is 8.79. The molecule has 1 atom stereocenters. The summed E-state index contributed by atoms with van der Waals surface area (Å²) in [5.74, 6) is 1.12. The van der Waals surface area contributed by atoms with Gasteiger partial charge in [-0.1, -0.05) is 12.1 Å². The van der Waals surface area contributed by atoms with E-state index in [1.54, 1.807) is 6.20 Å². The van der Waals surface area contributed by atoms with Crippen LogP contribution in [-0.2, 0) is 6.42 Å². The number of aryl methyl sites for hydroxylation is 1. The molecule has 98 valence electrons. The molecule has 0 saturated heterocycles. The highest BCUT2D eigenvalue weighted by Gasteiger charge is 2.11. The van der Waals surface area contributed by atoms with E-state index in [4.69, 9.17) is 4.52 Å². The maximum atomic E-state index is 5.17. The summed E-state index contributed by atoms with van der Waals surface area (Å²) < 4.78 is 5.17. The lowest BCUT2D eigenvalue weighted by atomic mass is 10.2. The second kappa shape index (κ2) is 6.25. The predicted octanol–water partition coefficient (Wildman–Crippen LogP) is 1.18. The summed E-state index contributed by atoms with van der Waals surface area (Å²) in [5, 5.41) is 17.4. The Kier molecular flexibility index (Phi) is 4.40. The predicted molar refractivity (Wildman–Crippen MR) is 65.8 cm³/mol. The molecule has 0 aromatic carbocycles. The number of hydrogen-bond acceptors (Lipinski definition) is 6. The summed E-state index contributed by atoms with van der Waals surface area (Å²) in [6.45, 7) is 5.35. The molecule has 18 heavy (non-hydrogen) atoms. The summed E-state index contributed by atoms with van der Waals surface area (Å²) in [6, 6.07) is 0.451. The van der Waals surface area contributed by atoms with Gasteiger partial charge in [0.25, 0.3) is 0 Å². The summed E-state index contributed by atoms with van der Waals surface area (Å²) >= 11 is 0. The van der Waals surface area contributed by atoms with Gasteiger partial charge in [0.1, 0.15) is 0 Å². The van der Waals surface area contributed by atoms with E-state index < -0.39 is 0 Å². The summed E-state index contributed by atoms with van der Waals surface area (Å²) in [4.78, 5) is 4.28. The van der Waals surface area contributed by atoms with Gasteiger partial charge >= 0.3 is 0 Å². The van der Waals surface area contributed by atoms with Crippen LogP contribution in [0.2, 0.25) is 0 Å². The molecule has 1 unspecified atom stereocenters. The van der Waals surface area contributed by atoms with Gasteiger partial charge in [-0.25, -0.2) is 0 Å². The van der Waals surface area contributed by atoms with Crippen molar-refractivity contribution in [3.05, 3.63) is 12.1 Å². The van der Waals surface area contributed by atoms with Crippen LogP contribution in [-0.4, -0.2) is 38.1 Å². The normalized spacial score (nSPS) is 12.8. The van der Waals surface area contributed by atoms with E-state index in [0.717, 1.165) is 25.8 Å². The zero-order chi connectivity index (χ0) is 12.8. The van der Waals surface area contributed by atoms with E-state index in [-0.39, 0.29) is 0 Å². The molecule has 0 fully saturated rings. The topological polar surface area (TPSA) is 92.5 Å². The van der Waals surface area contributed by atoms with Gasteiger partial charge in [0, 0.05) is 12.5 Å². The van der Waals surface area contributed by atoms with Crippen molar-refractivity contribution in [2.24, 2.45) is 0 Å². The lowest BCUT2D eigenvalue weighted by Gasteiger charge is -2.10. The molecule has 0 aliphatic heterocycles. The first-order valence-electron chi connectivity index (χ1n) is 6.21. The van der Waals surface area contributed by atoms with Gasteiger partial charge in [-0.05, 0) is 26.3 Å². The van der Waals surface area contributed by atoms with Gasteiger partial charge < -0.3 is 9.84 Å². The van der Waals surface area contributed by atoms with Crippen LogP contribution >= 0.6 is 0 Å². The summed E-state index contributed by atoms with van der Waals surface area (Å²) in [5.41, 5.74) is 0.599. The first-order valence-corrected chi connectivity index (χ1v) is 6.21. The summed E-state index contributed by atoms with van der Waals surface area (Å²) in [6.07, 6.45) is 4.45. The van der Waals surface area contributed by atoms with Gasteiger partial charge in [-0.2, -0.15) is 20.4 Å². The first kappa shape index (κ1) is 12.7. The smallest absolute Gasteiger partial charge is 0.227 e. The van der Waals surface area contributed by atoms with Crippen LogP contribution in [0, 0.1) is 0 Å². The molecule has 2 rings (SSSR count). The highest BCUT2D eigenvalue weighted by Crippen LogP contribution is 2.11. The van der Waals surface area contributed by atoms with E-state index in [0.29, 0.717) is 23.5 Å². The molecule has 2 heterocycles. The third kappa shape index (κ3) is 3.36. The van der Waals surface area contributed by atoms with E-state index in [9.17, 15) is 0 Å². The Morgan fingerprint density at radius 2 is 2.39 bits per heavy atom. The van der Waals surface area contributed by atoms with Crippen LogP contribution < -0.4 is 5.32 Å². The van der Waals surface area contributed by atoms with Gasteiger partial charge in [0.15, 0.2) is 5.69 Å². The zero-order valence-corrected chi connectivity index (χ0v) is 10.7. The molecule has 0 aliphatic carbocycles. The minimum Gasteiger partial charge on any atom is -0.339 e. The molecule has 7 heteroatoms. The molecular weight excluding hydrogens is 232 g/mol. The van der Waals surface area contributed by atoms with E-state index in [2.05, 4.69) is 44.7 Å². The number of H-pyrrole nitrogens is 1. The van der Waals surface area contributed by atoms with Crippen molar-refractivity contribution in [3.63, 3.8) is 0 Å². The van der Waals surface area contributed by atoms with Gasteiger partial charge in [-0.3, -0.25) is 0 Å². The Balaban J connectivity index is 1.84. The van der Waals surface area contributed by atoms with E-state index in [1.165, 1.54) is 0 Å². The van der Waals surface area contributed by atoms with Crippen molar-refractivity contribution >= 4 is 0 Å². The van der Waals surface area contributed by atoms with Crippen molar-refractivity contribution in [2.45, 2.75) is 39.2 Å². The molecule has 7 nitrogen and oxygen atoms in total. The van der Waals surface area contributed by atoms with Crippen LogP contribution in [0.4, 0.5) is 0 Å². The average molecular weight is 250 g/mol. The molecule has 2 aromatic rings. The van der Waals surface area contributed by atoms with Crippen molar-refractivity contribution in [3.8, 4) is 11.5 Å². The quantitative estimate of drug-likeness (QED) is 0.766. The molecule has 2 N–H and O–H groups in total. The SMILES string of the molecule is CCCNC(C)CCc1nc(-c2cn[nH]n2)no1. The van der Waals surface area contributed by atoms with Crippen molar-refractivity contribution in [1.82, 2.24) is 30.9 Å². The number of nitrogens with one attached hydrogen (secondary N) is 2. The Bertz CT molecular complexity index is 452. The number of rotatable bonds is 7. The maximum Gasteiger partial charge on any atom is 0.227 e. The fourth-order valence-electron chi connectivity index (χ4n) is 1.60. The average Bonchev–Trinajstić information content (AvgIpc) is 3.03. The fraction of sp³-hybridized carbons (Fsp3) is 0.636. The monoisotopic (exact) mass is 250 g/mol. The maximum absolute atomic E-state index is 5.17. The standard InChI is InChI=1S/C11H18N6O/c1-3-6-12-8(2)4-5-10-14-11(16-18-10)9-7-13-17-15-9/h7-8,12H,3-6H2,1-2H3,(H,13,15,17).